The van der Waals surface area contributed by atoms with Gasteiger partial charge in [-0.05, 0) is 24.6 Å². The van der Waals surface area contributed by atoms with Gasteiger partial charge in [-0.2, -0.15) is 0 Å². The fraction of sp³-hybridized carbons (Fsp3) is 0.500. The van der Waals surface area contributed by atoms with Gasteiger partial charge in [0.05, 0.1) is 19.8 Å². The van der Waals surface area contributed by atoms with Crippen LogP contribution in [0.15, 0.2) is 24.3 Å². The molecular formula is C12H19NO2. The third-order valence-corrected chi connectivity index (χ3v) is 2.01. The molecule has 0 aliphatic carbocycles. The van der Waals surface area contributed by atoms with Crippen LogP contribution in [0.1, 0.15) is 12.5 Å². The van der Waals surface area contributed by atoms with Crippen LogP contribution in [0.4, 0.5) is 5.69 Å². The average molecular weight is 209 g/mol. The molecule has 15 heavy (non-hydrogen) atoms. The summed E-state index contributed by atoms with van der Waals surface area (Å²) in [7, 11) is 1.68. The second-order valence-corrected chi connectivity index (χ2v) is 3.28. The van der Waals surface area contributed by atoms with Crippen LogP contribution in [-0.2, 0) is 16.1 Å². The quantitative estimate of drug-likeness (QED) is 0.699. The van der Waals surface area contributed by atoms with Crippen LogP contribution >= 0.6 is 0 Å². The van der Waals surface area contributed by atoms with Crippen LogP contribution in [0.3, 0.4) is 0 Å². The van der Waals surface area contributed by atoms with E-state index in [-0.39, 0.29) is 0 Å². The number of benzene rings is 1. The third kappa shape index (κ3) is 4.81. The minimum Gasteiger partial charge on any atom is -0.385 e. The van der Waals surface area contributed by atoms with Crippen molar-refractivity contribution in [3.05, 3.63) is 29.8 Å². The number of methoxy groups -OCH3 is 1. The molecule has 84 valence electrons. The summed E-state index contributed by atoms with van der Waals surface area (Å²) in [4.78, 5) is 0. The Morgan fingerprint density at radius 3 is 2.87 bits per heavy atom. The Hall–Kier alpha value is -1.06. The van der Waals surface area contributed by atoms with Crippen molar-refractivity contribution >= 4 is 5.69 Å². The predicted molar refractivity (Wildman–Crippen MR) is 62.1 cm³/mol. The molecule has 1 aromatic rings. The molecule has 0 bridgehead atoms. The molecule has 0 amide bonds. The molecule has 1 rings (SSSR count). The zero-order valence-electron chi connectivity index (χ0n) is 9.45. The van der Waals surface area contributed by atoms with E-state index in [9.17, 15) is 0 Å². The van der Waals surface area contributed by atoms with Crippen molar-refractivity contribution in [1.29, 1.82) is 0 Å². The standard InChI is InChI=1S/C12H19NO2/c1-3-13-12-6-4-5-11(9-12)10-15-8-7-14-2/h4-6,9,13H,3,7-8,10H2,1-2H3. The maximum Gasteiger partial charge on any atom is 0.0718 e. The molecule has 0 aliphatic heterocycles. The summed E-state index contributed by atoms with van der Waals surface area (Å²) < 4.78 is 10.3. The lowest BCUT2D eigenvalue weighted by Gasteiger charge is -2.07. The smallest absolute Gasteiger partial charge is 0.0718 e. The number of anilines is 1. The average Bonchev–Trinajstić information content (AvgIpc) is 2.26. The van der Waals surface area contributed by atoms with E-state index in [0.717, 1.165) is 12.2 Å². The maximum absolute atomic E-state index is 5.44. The van der Waals surface area contributed by atoms with Crippen molar-refractivity contribution in [3.63, 3.8) is 0 Å². The second kappa shape index (κ2) is 7.26. The molecule has 1 N–H and O–H groups in total. The minimum atomic E-state index is 0.641. The highest BCUT2D eigenvalue weighted by atomic mass is 16.5. The summed E-state index contributed by atoms with van der Waals surface area (Å²) in [6.07, 6.45) is 0. The number of ether oxygens (including phenoxy) is 2. The molecule has 0 saturated heterocycles. The first-order chi connectivity index (χ1) is 7.36. The van der Waals surface area contributed by atoms with Gasteiger partial charge in [0.25, 0.3) is 0 Å². The molecule has 0 saturated carbocycles. The lowest BCUT2D eigenvalue weighted by atomic mass is 10.2. The molecule has 3 heteroatoms. The summed E-state index contributed by atoms with van der Waals surface area (Å²) >= 11 is 0. The van der Waals surface area contributed by atoms with Crippen LogP contribution in [0, 0.1) is 0 Å². The molecule has 0 aliphatic rings. The molecule has 0 aromatic heterocycles. The van der Waals surface area contributed by atoms with Gasteiger partial charge in [-0.1, -0.05) is 12.1 Å². The van der Waals surface area contributed by atoms with E-state index in [1.165, 1.54) is 5.56 Å². The fourth-order valence-corrected chi connectivity index (χ4v) is 1.31. The van der Waals surface area contributed by atoms with Crippen LogP contribution in [-0.4, -0.2) is 26.9 Å². The van der Waals surface area contributed by atoms with Gasteiger partial charge in [0.1, 0.15) is 0 Å². The van der Waals surface area contributed by atoms with Gasteiger partial charge in [0.2, 0.25) is 0 Å². The first kappa shape index (κ1) is 12.0. The van der Waals surface area contributed by atoms with E-state index in [2.05, 4.69) is 30.4 Å². The Labute approximate surface area is 91.4 Å². The Morgan fingerprint density at radius 1 is 1.27 bits per heavy atom. The van der Waals surface area contributed by atoms with Crippen LogP contribution < -0.4 is 5.32 Å². The molecule has 0 heterocycles. The molecule has 0 spiro atoms. The van der Waals surface area contributed by atoms with Gasteiger partial charge in [-0.15, -0.1) is 0 Å². The third-order valence-electron chi connectivity index (χ3n) is 2.01. The molecule has 0 atom stereocenters. The predicted octanol–water partition coefficient (Wildman–Crippen LogP) is 2.28. The summed E-state index contributed by atoms with van der Waals surface area (Å²) in [6.45, 7) is 4.95. The van der Waals surface area contributed by atoms with Crippen molar-refractivity contribution in [1.82, 2.24) is 0 Å². The van der Waals surface area contributed by atoms with Gasteiger partial charge in [0, 0.05) is 19.3 Å². The van der Waals surface area contributed by atoms with Crippen LogP contribution in [0.25, 0.3) is 0 Å². The highest BCUT2D eigenvalue weighted by molar-refractivity contribution is 5.45. The van der Waals surface area contributed by atoms with Crippen molar-refractivity contribution in [3.8, 4) is 0 Å². The molecule has 0 fully saturated rings. The first-order valence-electron chi connectivity index (χ1n) is 5.26. The van der Waals surface area contributed by atoms with Crippen molar-refractivity contribution in [2.75, 3.05) is 32.2 Å². The SMILES string of the molecule is CCNc1cccc(COCCOC)c1. The summed E-state index contributed by atoms with van der Waals surface area (Å²) in [6, 6.07) is 8.26. The topological polar surface area (TPSA) is 30.5 Å². The monoisotopic (exact) mass is 209 g/mol. The molecular weight excluding hydrogens is 190 g/mol. The van der Waals surface area contributed by atoms with E-state index >= 15 is 0 Å². The lowest BCUT2D eigenvalue weighted by Crippen LogP contribution is -2.02. The molecule has 0 radical (unpaired) electrons. The van der Waals surface area contributed by atoms with Crippen molar-refractivity contribution in [2.45, 2.75) is 13.5 Å². The number of hydrogen-bond donors (Lipinski definition) is 1. The van der Waals surface area contributed by atoms with E-state index in [0.29, 0.717) is 19.8 Å². The molecule has 1 aromatic carbocycles. The lowest BCUT2D eigenvalue weighted by molar-refractivity contribution is 0.0617. The molecule has 0 unspecified atom stereocenters. The largest absolute Gasteiger partial charge is 0.385 e. The highest BCUT2D eigenvalue weighted by Gasteiger charge is 1.95. The van der Waals surface area contributed by atoms with E-state index < -0.39 is 0 Å². The summed E-state index contributed by atoms with van der Waals surface area (Å²) in [5.74, 6) is 0. The Morgan fingerprint density at radius 2 is 2.13 bits per heavy atom. The fourth-order valence-electron chi connectivity index (χ4n) is 1.31. The van der Waals surface area contributed by atoms with Crippen LogP contribution in [0.2, 0.25) is 0 Å². The van der Waals surface area contributed by atoms with Crippen molar-refractivity contribution < 1.29 is 9.47 Å². The summed E-state index contributed by atoms with van der Waals surface area (Å²) in [5, 5.41) is 3.27. The number of rotatable bonds is 7. The number of hydrogen-bond acceptors (Lipinski definition) is 3. The van der Waals surface area contributed by atoms with Gasteiger partial charge in [-0.3, -0.25) is 0 Å². The highest BCUT2D eigenvalue weighted by Crippen LogP contribution is 2.10. The first-order valence-corrected chi connectivity index (χ1v) is 5.26. The van der Waals surface area contributed by atoms with Gasteiger partial charge < -0.3 is 14.8 Å². The van der Waals surface area contributed by atoms with Crippen molar-refractivity contribution in [2.24, 2.45) is 0 Å². The Balaban J connectivity index is 2.36. The second-order valence-electron chi connectivity index (χ2n) is 3.28. The Bertz CT molecular complexity index is 276. The van der Waals surface area contributed by atoms with Gasteiger partial charge in [0.15, 0.2) is 0 Å². The van der Waals surface area contributed by atoms with E-state index in [1.807, 2.05) is 6.07 Å². The maximum atomic E-state index is 5.44. The zero-order chi connectivity index (χ0) is 10.9. The molecule has 3 nitrogen and oxygen atoms in total. The van der Waals surface area contributed by atoms with E-state index in [1.54, 1.807) is 7.11 Å². The summed E-state index contributed by atoms with van der Waals surface area (Å²) in [5.41, 5.74) is 2.33. The van der Waals surface area contributed by atoms with E-state index in [4.69, 9.17) is 9.47 Å². The zero-order valence-corrected chi connectivity index (χ0v) is 9.45. The minimum absolute atomic E-state index is 0.641. The normalized spacial score (nSPS) is 10.3. The van der Waals surface area contributed by atoms with Gasteiger partial charge in [-0.25, -0.2) is 0 Å². The Kier molecular flexibility index (Phi) is 5.81. The van der Waals surface area contributed by atoms with Crippen LogP contribution in [0.5, 0.6) is 0 Å². The van der Waals surface area contributed by atoms with Gasteiger partial charge >= 0.3 is 0 Å². The number of nitrogens with one attached hydrogen (secondary N) is 1.